The molecule has 0 aliphatic heterocycles. The van der Waals surface area contributed by atoms with Crippen LogP contribution in [-0.2, 0) is 15.4 Å². The van der Waals surface area contributed by atoms with Crippen molar-refractivity contribution in [2.75, 3.05) is 5.75 Å². The first-order valence-electron chi connectivity index (χ1n) is 8.41. The van der Waals surface area contributed by atoms with Crippen LogP contribution in [-0.4, -0.2) is 44.2 Å². The summed E-state index contributed by atoms with van der Waals surface area (Å²) < 4.78 is 26.0. The number of hydrogen-bond donors (Lipinski definition) is 1. The highest BCUT2D eigenvalue weighted by molar-refractivity contribution is 7.92. The van der Waals surface area contributed by atoms with E-state index in [1.165, 1.54) is 6.33 Å². The molecule has 0 spiro atoms. The molecule has 134 valence electrons. The number of aromatic amines is 1. The van der Waals surface area contributed by atoms with Gasteiger partial charge in [0, 0.05) is 29.1 Å². The smallest absolute Gasteiger partial charge is 0.153 e. The molecular formula is C17H18N6O2S. The van der Waals surface area contributed by atoms with Crippen LogP contribution >= 0.6 is 0 Å². The molecule has 0 saturated heterocycles. The molecule has 0 aromatic carbocycles. The summed E-state index contributed by atoms with van der Waals surface area (Å²) in [4.78, 5) is 11.6. The predicted molar refractivity (Wildman–Crippen MR) is 95.8 cm³/mol. The van der Waals surface area contributed by atoms with Gasteiger partial charge in [0.2, 0.25) is 0 Å². The highest BCUT2D eigenvalue weighted by Crippen LogP contribution is 2.45. The second-order valence-electron chi connectivity index (χ2n) is 6.68. The van der Waals surface area contributed by atoms with E-state index in [0.717, 1.165) is 22.3 Å². The van der Waals surface area contributed by atoms with E-state index in [1.807, 2.05) is 12.3 Å². The van der Waals surface area contributed by atoms with Gasteiger partial charge in [0.1, 0.15) is 12.0 Å². The molecule has 3 heterocycles. The van der Waals surface area contributed by atoms with Gasteiger partial charge in [0.25, 0.3) is 0 Å². The number of nitrogens with zero attached hydrogens (tertiary/aromatic N) is 5. The van der Waals surface area contributed by atoms with Crippen LogP contribution in [0.3, 0.4) is 0 Å². The molecule has 4 rings (SSSR count). The van der Waals surface area contributed by atoms with Crippen molar-refractivity contribution in [3.63, 3.8) is 0 Å². The Labute approximate surface area is 150 Å². The lowest BCUT2D eigenvalue weighted by Crippen LogP contribution is -2.52. The zero-order valence-corrected chi connectivity index (χ0v) is 15.1. The molecule has 0 unspecified atom stereocenters. The molecule has 26 heavy (non-hydrogen) atoms. The van der Waals surface area contributed by atoms with E-state index in [2.05, 4.69) is 26.1 Å². The summed E-state index contributed by atoms with van der Waals surface area (Å²) in [5.74, 6) is 0.122. The first-order valence-corrected chi connectivity index (χ1v) is 10.1. The second-order valence-corrected chi connectivity index (χ2v) is 9.25. The van der Waals surface area contributed by atoms with Crippen molar-refractivity contribution in [1.82, 2.24) is 24.7 Å². The highest BCUT2D eigenvalue weighted by Gasteiger charge is 2.51. The predicted octanol–water partition coefficient (Wildman–Crippen LogP) is 2.03. The molecule has 1 fully saturated rings. The van der Waals surface area contributed by atoms with E-state index in [9.17, 15) is 13.7 Å². The molecule has 1 N–H and O–H groups in total. The maximum atomic E-state index is 12.1. The molecule has 8 nitrogen and oxygen atoms in total. The van der Waals surface area contributed by atoms with Gasteiger partial charge in [0.05, 0.1) is 35.2 Å². The van der Waals surface area contributed by atoms with E-state index in [0.29, 0.717) is 12.8 Å². The van der Waals surface area contributed by atoms with E-state index in [-0.39, 0.29) is 12.2 Å². The first-order chi connectivity index (χ1) is 12.5. The molecule has 0 atom stereocenters. The van der Waals surface area contributed by atoms with Crippen LogP contribution in [0.15, 0.2) is 31.0 Å². The fourth-order valence-corrected chi connectivity index (χ4v) is 5.24. The van der Waals surface area contributed by atoms with E-state index >= 15 is 0 Å². The summed E-state index contributed by atoms with van der Waals surface area (Å²) in [5.41, 5.74) is 1.75. The normalized spacial score (nSPS) is 22.8. The third-order valence-corrected chi connectivity index (χ3v) is 7.38. The van der Waals surface area contributed by atoms with Gasteiger partial charge in [-0.25, -0.2) is 18.4 Å². The quantitative estimate of drug-likeness (QED) is 0.734. The minimum Gasteiger partial charge on any atom is -0.346 e. The number of rotatable bonds is 5. The number of H-pyrrole nitrogens is 1. The van der Waals surface area contributed by atoms with Gasteiger partial charge >= 0.3 is 0 Å². The van der Waals surface area contributed by atoms with E-state index < -0.39 is 20.6 Å². The lowest BCUT2D eigenvalue weighted by molar-refractivity contribution is 0.134. The largest absolute Gasteiger partial charge is 0.346 e. The van der Waals surface area contributed by atoms with Gasteiger partial charge in [-0.15, -0.1) is 0 Å². The molecule has 1 saturated carbocycles. The van der Waals surface area contributed by atoms with Crippen molar-refractivity contribution in [3.05, 3.63) is 31.0 Å². The van der Waals surface area contributed by atoms with Gasteiger partial charge in [-0.1, -0.05) is 6.92 Å². The fourth-order valence-electron chi connectivity index (χ4n) is 3.64. The molecule has 9 heteroatoms. The molecule has 0 bridgehead atoms. The molecule has 3 aromatic heterocycles. The Morgan fingerprint density at radius 2 is 2.23 bits per heavy atom. The summed E-state index contributed by atoms with van der Waals surface area (Å²) >= 11 is 0. The second kappa shape index (κ2) is 5.92. The molecular weight excluding hydrogens is 352 g/mol. The van der Waals surface area contributed by atoms with Crippen LogP contribution in [0.5, 0.6) is 0 Å². The topological polar surface area (TPSA) is 117 Å². The van der Waals surface area contributed by atoms with Crippen LogP contribution < -0.4 is 0 Å². The van der Waals surface area contributed by atoms with Crippen LogP contribution in [0.25, 0.3) is 22.3 Å². The molecule has 0 amide bonds. The monoisotopic (exact) mass is 370 g/mol. The first kappa shape index (κ1) is 16.7. The van der Waals surface area contributed by atoms with Crippen molar-refractivity contribution < 1.29 is 8.42 Å². The molecule has 3 aromatic rings. The third kappa shape index (κ3) is 2.49. The van der Waals surface area contributed by atoms with Crippen LogP contribution in [0.4, 0.5) is 0 Å². The minimum absolute atomic E-state index is 0.122. The Hall–Kier alpha value is -2.73. The van der Waals surface area contributed by atoms with Crippen molar-refractivity contribution in [2.24, 2.45) is 0 Å². The van der Waals surface area contributed by atoms with Gasteiger partial charge in [-0.2, -0.15) is 10.4 Å². The zero-order chi connectivity index (χ0) is 18.4. The maximum Gasteiger partial charge on any atom is 0.153 e. The van der Waals surface area contributed by atoms with Crippen LogP contribution in [0.1, 0.15) is 26.2 Å². The number of hydrogen-bond acceptors (Lipinski definition) is 6. The summed E-state index contributed by atoms with van der Waals surface area (Å²) in [6.07, 6.45) is 7.91. The Bertz CT molecular complexity index is 1100. The lowest BCUT2D eigenvalue weighted by Gasteiger charge is -2.45. The average Bonchev–Trinajstić information content (AvgIpc) is 3.26. The van der Waals surface area contributed by atoms with Crippen molar-refractivity contribution in [1.29, 1.82) is 5.26 Å². The van der Waals surface area contributed by atoms with Crippen molar-refractivity contribution in [3.8, 4) is 17.3 Å². The van der Waals surface area contributed by atoms with Crippen molar-refractivity contribution in [2.45, 2.75) is 37.0 Å². The van der Waals surface area contributed by atoms with Gasteiger partial charge in [-0.05, 0) is 18.9 Å². The standard InChI is InChI=1S/C17H18N6O2S/c1-2-26(24,25)13-7-17(8-13,4-5-18)23-10-12(9-22-23)15-14-3-6-19-16(14)21-11-20-15/h3,6,9-11,13H,2,4,7-8H2,1H3,(H,19,20,21). The van der Waals surface area contributed by atoms with Crippen molar-refractivity contribution >= 4 is 20.9 Å². The van der Waals surface area contributed by atoms with E-state index in [4.69, 9.17) is 0 Å². The number of aromatic nitrogens is 5. The minimum atomic E-state index is -3.10. The Balaban J connectivity index is 1.69. The summed E-state index contributed by atoms with van der Waals surface area (Å²) in [7, 11) is -3.10. The summed E-state index contributed by atoms with van der Waals surface area (Å²) in [5, 5.41) is 14.2. The highest BCUT2D eigenvalue weighted by atomic mass is 32.2. The van der Waals surface area contributed by atoms with E-state index in [1.54, 1.807) is 24.0 Å². The Morgan fingerprint density at radius 3 is 2.96 bits per heavy atom. The van der Waals surface area contributed by atoms with Crippen LogP contribution in [0, 0.1) is 11.3 Å². The Morgan fingerprint density at radius 1 is 1.42 bits per heavy atom. The number of fused-ring (bicyclic) bond motifs is 1. The SMILES string of the molecule is CCS(=O)(=O)C1CC(CC#N)(n2cc(-c3ncnc4[nH]ccc34)cn2)C1. The van der Waals surface area contributed by atoms with Gasteiger partial charge in [-0.3, -0.25) is 4.68 Å². The number of sulfone groups is 1. The Kier molecular flexibility index (Phi) is 3.80. The van der Waals surface area contributed by atoms with Gasteiger partial charge in [0.15, 0.2) is 9.84 Å². The fraction of sp³-hybridized carbons (Fsp3) is 0.412. The summed E-state index contributed by atoms with van der Waals surface area (Å²) in [6, 6.07) is 4.09. The lowest BCUT2D eigenvalue weighted by atomic mass is 9.74. The molecule has 1 aliphatic rings. The van der Waals surface area contributed by atoms with Gasteiger partial charge < -0.3 is 4.98 Å². The number of nitriles is 1. The molecule has 1 aliphatic carbocycles. The zero-order valence-electron chi connectivity index (χ0n) is 14.3. The van der Waals surface area contributed by atoms with Crippen LogP contribution in [0.2, 0.25) is 0 Å². The third-order valence-electron chi connectivity index (χ3n) is 5.23. The maximum absolute atomic E-state index is 12.1. The summed E-state index contributed by atoms with van der Waals surface area (Å²) in [6.45, 7) is 1.66. The molecule has 0 radical (unpaired) electrons. The average molecular weight is 370 g/mol. The number of nitrogens with one attached hydrogen (secondary N) is 1.